The number of carbonyl (C=O) groups excluding carboxylic acids is 1. The lowest BCUT2D eigenvalue weighted by Crippen LogP contribution is -2.36. The number of aromatic nitrogens is 1. The topological polar surface area (TPSA) is 57.4 Å². The minimum atomic E-state index is -0.560. The maximum Gasteiger partial charge on any atom is 0.272 e. The second-order valence-electron chi connectivity index (χ2n) is 6.55. The number of amides is 1. The summed E-state index contributed by atoms with van der Waals surface area (Å²) >= 11 is 7.44. The molecule has 0 atom stereocenters. The maximum atomic E-state index is 14.1. The zero-order valence-electron chi connectivity index (χ0n) is 14.8. The number of carbonyl (C=O) groups is 1. The van der Waals surface area contributed by atoms with Gasteiger partial charge in [-0.25, -0.2) is 4.39 Å². The number of benzene rings is 1. The quantitative estimate of drug-likeness (QED) is 0.673. The summed E-state index contributed by atoms with van der Waals surface area (Å²) in [6, 6.07) is 6.23. The molecule has 0 saturated carbocycles. The van der Waals surface area contributed by atoms with Crippen LogP contribution in [0.15, 0.2) is 24.3 Å². The van der Waals surface area contributed by atoms with Crippen LogP contribution in [0.25, 0.3) is 10.2 Å². The molecule has 4 rings (SSSR count). The fourth-order valence-corrected chi connectivity index (χ4v) is 4.43. The fourth-order valence-electron chi connectivity index (χ4n) is 3.26. The van der Waals surface area contributed by atoms with Gasteiger partial charge in [-0.15, -0.1) is 11.3 Å². The van der Waals surface area contributed by atoms with Crippen molar-refractivity contribution in [2.24, 2.45) is 0 Å². The Morgan fingerprint density at radius 3 is 2.89 bits per heavy atom. The molecule has 0 spiro atoms. The van der Waals surface area contributed by atoms with E-state index in [1.807, 2.05) is 13.0 Å². The molecule has 0 radical (unpaired) electrons. The van der Waals surface area contributed by atoms with E-state index in [4.69, 9.17) is 16.3 Å². The molecule has 8 heteroatoms. The zero-order valence-corrected chi connectivity index (χ0v) is 16.3. The molecule has 1 saturated heterocycles. The van der Waals surface area contributed by atoms with E-state index in [1.165, 1.54) is 17.0 Å². The Balaban J connectivity index is 1.66. The Morgan fingerprint density at radius 1 is 1.37 bits per heavy atom. The predicted octanol–water partition coefficient (Wildman–Crippen LogP) is 4.41. The smallest absolute Gasteiger partial charge is 0.272 e. The first-order chi connectivity index (χ1) is 13.0. The molecule has 1 fully saturated rings. The Bertz CT molecular complexity index is 994. The first kappa shape index (κ1) is 18.4. The number of hydrogen-bond donors (Lipinski definition) is 2. The van der Waals surface area contributed by atoms with Gasteiger partial charge >= 0.3 is 0 Å². The molecule has 0 unspecified atom stereocenters. The van der Waals surface area contributed by atoms with E-state index >= 15 is 0 Å². The van der Waals surface area contributed by atoms with Crippen LogP contribution >= 0.6 is 22.9 Å². The number of ether oxygens (including phenoxy) is 1. The summed E-state index contributed by atoms with van der Waals surface area (Å²) < 4.78 is 20.5. The second kappa shape index (κ2) is 7.59. The first-order valence-corrected chi connectivity index (χ1v) is 9.88. The second-order valence-corrected chi connectivity index (χ2v) is 8.24. The van der Waals surface area contributed by atoms with Gasteiger partial charge < -0.3 is 15.0 Å². The van der Waals surface area contributed by atoms with Crippen LogP contribution in [0.1, 0.15) is 20.9 Å². The molecule has 1 aliphatic heterocycles. The van der Waals surface area contributed by atoms with Gasteiger partial charge in [0.25, 0.3) is 5.91 Å². The molecule has 3 aromatic rings. The molecule has 1 amide bonds. The molecule has 1 aliphatic rings. The van der Waals surface area contributed by atoms with Gasteiger partial charge in [-0.2, -0.15) is 0 Å². The monoisotopic (exact) mass is 407 g/mol. The molecule has 142 valence electrons. The summed E-state index contributed by atoms with van der Waals surface area (Å²) in [6.07, 6.45) is 0. The lowest BCUT2D eigenvalue weighted by atomic mass is 10.2. The van der Waals surface area contributed by atoms with Gasteiger partial charge in [-0.1, -0.05) is 11.6 Å². The lowest BCUT2D eigenvalue weighted by Gasteiger charge is -2.26. The highest BCUT2D eigenvalue weighted by Crippen LogP contribution is 2.32. The summed E-state index contributed by atoms with van der Waals surface area (Å²) in [6.45, 7) is 5.71. The van der Waals surface area contributed by atoms with Crippen molar-refractivity contribution in [3.05, 3.63) is 51.2 Å². The highest BCUT2D eigenvalue weighted by atomic mass is 35.5. The van der Waals surface area contributed by atoms with Crippen LogP contribution in [0.5, 0.6) is 0 Å². The molecule has 5 nitrogen and oxygen atoms in total. The van der Waals surface area contributed by atoms with Crippen LogP contribution in [-0.2, 0) is 11.3 Å². The van der Waals surface area contributed by atoms with Crippen molar-refractivity contribution in [3.63, 3.8) is 0 Å². The number of halogens is 2. The van der Waals surface area contributed by atoms with E-state index in [9.17, 15) is 9.18 Å². The average molecular weight is 408 g/mol. The number of thiophene rings is 1. The van der Waals surface area contributed by atoms with Crippen molar-refractivity contribution in [3.8, 4) is 0 Å². The molecular formula is C19H19ClFN3O2S. The van der Waals surface area contributed by atoms with Crippen molar-refractivity contribution in [2.75, 3.05) is 31.6 Å². The van der Waals surface area contributed by atoms with Gasteiger partial charge in [0.1, 0.15) is 11.5 Å². The summed E-state index contributed by atoms with van der Waals surface area (Å²) in [5.74, 6) is -0.921. The molecule has 2 aromatic heterocycles. The van der Waals surface area contributed by atoms with Crippen LogP contribution in [0, 0.1) is 12.7 Å². The van der Waals surface area contributed by atoms with E-state index in [1.54, 1.807) is 17.4 Å². The highest BCUT2D eigenvalue weighted by molar-refractivity contribution is 7.19. The van der Waals surface area contributed by atoms with Crippen molar-refractivity contribution in [2.45, 2.75) is 13.5 Å². The van der Waals surface area contributed by atoms with Crippen LogP contribution < -0.4 is 5.32 Å². The Morgan fingerprint density at radius 2 is 2.15 bits per heavy atom. The SMILES string of the molecule is Cc1cc2[nH]c(C(=O)Nc3ccc(Cl)cc3F)c(CN3CCOCC3)c2s1. The van der Waals surface area contributed by atoms with Gasteiger partial charge in [-0.3, -0.25) is 9.69 Å². The molecule has 3 heterocycles. The van der Waals surface area contributed by atoms with Gasteiger partial charge in [0.2, 0.25) is 0 Å². The number of hydrogen-bond acceptors (Lipinski definition) is 4. The van der Waals surface area contributed by atoms with Gasteiger partial charge in [0, 0.05) is 35.1 Å². The van der Waals surface area contributed by atoms with Crippen LogP contribution in [0.4, 0.5) is 10.1 Å². The van der Waals surface area contributed by atoms with Gasteiger partial charge in [0.15, 0.2) is 0 Å². The number of nitrogens with zero attached hydrogens (tertiary/aromatic N) is 1. The summed E-state index contributed by atoms with van der Waals surface area (Å²) in [5, 5.41) is 2.94. The third kappa shape index (κ3) is 3.87. The molecule has 0 aliphatic carbocycles. The fraction of sp³-hybridized carbons (Fsp3) is 0.316. The summed E-state index contributed by atoms with van der Waals surface area (Å²) in [5.41, 5.74) is 2.45. The van der Waals surface area contributed by atoms with Crippen molar-refractivity contribution >= 4 is 44.7 Å². The van der Waals surface area contributed by atoms with E-state index in [0.29, 0.717) is 25.5 Å². The minimum absolute atomic E-state index is 0.107. The third-order valence-corrected chi connectivity index (χ3v) is 5.93. The van der Waals surface area contributed by atoms with E-state index < -0.39 is 5.82 Å². The zero-order chi connectivity index (χ0) is 19.0. The Labute approximate surface area is 165 Å². The highest BCUT2D eigenvalue weighted by Gasteiger charge is 2.23. The van der Waals surface area contributed by atoms with Crippen LogP contribution in [-0.4, -0.2) is 42.1 Å². The average Bonchev–Trinajstić information content (AvgIpc) is 3.15. The number of aryl methyl sites for hydroxylation is 1. The Kier molecular flexibility index (Phi) is 5.19. The minimum Gasteiger partial charge on any atom is -0.379 e. The van der Waals surface area contributed by atoms with Crippen LogP contribution in [0.2, 0.25) is 5.02 Å². The number of anilines is 1. The lowest BCUT2D eigenvalue weighted by molar-refractivity contribution is 0.0343. The number of aromatic amines is 1. The van der Waals surface area contributed by atoms with Crippen molar-refractivity contribution in [1.82, 2.24) is 9.88 Å². The van der Waals surface area contributed by atoms with E-state index in [2.05, 4.69) is 15.2 Å². The molecule has 1 aromatic carbocycles. The third-order valence-electron chi connectivity index (χ3n) is 4.58. The van der Waals surface area contributed by atoms with Gasteiger partial charge in [0.05, 0.1) is 29.1 Å². The summed E-state index contributed by atoms with van der Waals surface area (Å²) in [7, 11) is 0. The maximum absolute atomic E-state index is 14.1. The number of morpholine rings is 1. The predicted molar refractivity (Wildman–Crippen MR) is 106 cm³/mol. The molecule has 2 N–H and O–H groups in total. The van der Waals surface area contributed by atoms with Crippen LogP contribution in [0.3, 0.4) is 0 Å². The van der Waals surface area contributed by atoms with E-state index in [0.717, 1.165) is 28.9 Å². The Hall–Kier alpha value is -1.93. The number of nitrogens with one attached hydrogen (secondary N) is 2. The molecular weight excluding hydrogens is 389 g/mol. The molecule has 0 bridgehead atoms. The van der Waals surface area contributed by atoms with Crippen molar-refractivity contribution < 1.29 is 13.9 Å². The van der Waals surface area contributed by atoms with Gasteiger partial charge in [-0.05, 0) is 31.2 Å². The summed E-state index contributed by atoms with van der Waals surface area (Å²) in [4.78, 5) is 19.5. The normalized spacial score (nSPS) is 15.4. The van der Waals surface area contributed by atoms with Crippen molar-refractivity contribution in [1.29, 1.82) is 0 Å². The largest absolute Gasteiger partial charge is 0.379 e. The number of rotatable bonds is 4. The van der Waals surface area contributed by atoms with E-state index in [-0.39, 0.29) is 16.6 Å². The standard InChI is InChI=1S/C19H19ClFN3O2S/c1-11-8-16-18(27-11)13(10-24-4-6-26-7-5-24)17(22-16)19(25)23-15-3-2-12(20)9-14(15)21/h2-3,8-9,22H,4-7,10H2,1H3,(H,23,25). The number of fused-ring (bicyclic) bond motifs is 1. The molecule has 27 heavy (non-hydrogen) atoms. The number of H-pyrrole nitrogens is 1. The first-order valence-electron chi connectivity index (χ1n) is 8.69.